The molecule has 2 atom stereocenters. The Labute approximate surface area is 179 Å². The highest BCUT2D eigenvalue weighted by molar-refractivity contribution is 5.58. The zero-order chi connectivity index (χ0) is 21.1. The molecular formula is C23H35N5O2. The van der Waals surface area contributed by atoms with Crippen molar-refractivity contribution in [1.82, 2.24) is 20.0 Å². The zero-order valence-electron chi connectivity index (χ0n) is 18.8. The average Bonchev–Trinajstić information content (AvgIpc) is 3.23. The lowest BCUT2D eigenvalue weighted by Gasteiger charge is -2.37. The second kappa shape index (κ2) is 9.43. The number of pyridine rings is 1. The van der Waals surface area contributed by atoms with Crippen molar-refractivity contribution >= 4 is 5.82 Å². The summed E-state index contributed by atoms with van der Waals surface area (Å²) in [7, 11) is 0. The second-order valence-electron chi connectivity index (χ2n) is 9.25. The average molecular weight is 414 g/mol. The summed E-state index contributed by atoms with van der Waals surface area (Å²) in [6.07, 6.45) is 6.27. The minimum absolute atomic E-state index is 0.256. The van der Waals surface area contributed by atoms with Gasteiger partial charge in [-0.25, -0.2) is 4.98 Å². The molecule has 2 aromatic heterocycles. The fourth-order valence-electron chi connectivity index (χ4n) is 4.59. The lowest BCUT2D eigenvalue weighted by molar-refractivity contribution is -0.0690. The van der Waals surface area contributed by atoms with Gasteiger partial charge in [-0.2, -0.15) is 4.98 Å². The molecular weight excluding hydrogens is 378 g/mol. The standard InChI is InChI=1S/C23H35N5O2/c1-16(2)22-25-23(30-26-22)20-5-9-24-21(13-20)28-11-7-19(8-12-28)6-10-27-14-17(3)29-18(4)15-27/h5,9,13,16-19H,6-8,10-12,14-15H2,1-4H3. The number of anilines is 1. The Morgan fingerprint density at radius 2 is 1.87 bits per heavy atom. The molecule has 2 fully saturated rings. The number of hydrogen-bond acceptors (Lipinski definition) is 7. The van der Waals surface area contributed by atoms with Gasteiger partial charge >= 0.3 is 0 Å². The second-order valence-corrected chi connectivity index (χ2v) is 9.25. The van der Waals surface area contributed by atoms with Crippen molar-refractivity contribution in [2.24, 2.45) is 5.92 Å². The predicted molar refractivity (Wildman–Crippen MR) is 118 cm³/mol. The van der Waals surface area contributed by atoms with Crippen molar-refractivity contribution in [2.45, 2.75) is 65.1 Å². The van der Waals surface area contributed by atoms with E-state index < -0.39 is 0 Å². The van der Waals surface area contributed by atoms with Crippen LogP contribution in [0.25, 0.3) is 11.5 Å². The molecule has 0 saturated carbocycles. The molecule has 2 unspecified atom stereocenters. The van der Waals surface area contributed by atoms with Crippen LogP contribution in [0, 0.1) is 5.92 Å². The fourth-order valence-corrected chi connectivity index (χ4v) is 4.59. The maximum Gasteiger partial charge on any atom is 0.258 e. The molecule has 30 heavy (non-hydrogen) atoms. The van der Waals surface area contributed by atoms with Gasteiger partial charge < -0.3 is 14.2 Å². The maximum absolute atomic E-state index is 5.86. The lowest BCUT2D eigenvalue weighted by atomic mass is 9.93. The SMILES string of the molecule is CC1CN(CCC2CCN(c3cc(-c4nc(C(C)C)no4)ccn3)CC2)CC(C)O1. The number of ether oxygens (including phenoxy) is 1. The van der Waals surface area contributed by atoms with E-state index in [1.807, 2.05) is 12.3 Å². The van der Waals surface area contributed by atoms with Crippen LogP contribution in [0.3, 0.4) is 0 Å². The molecule has 7 nitrogen and oxygen atoms in total. The molecule has 4 heterocycles. The van der Waals surface area contributed by atoms with Gasteiger partial charge in [0.05, 0.1) is 12.2 Å². The largest absolute Gasteiger partial charge is 0.373 e. The number of rotatable bonds is 6. The van der Waals surface area contributed by atoms with Crippen LogP contribution in [0.2, 0.25) is 0 Å². The van der Waals surface area contributed by atoms with Crippen molar-refractivity contribution in [2.75, 3.05) is 37.6 Å². The van der Waals surface area contributed by atoms with E-state index in [-0.39, 0.29) is 5.92 Å². The molecule has 0 aliphatic carbocycles. The minimum Gasteiger partial charge on any atom is -0.373 e. The van der Waals surface area contributed by atoms with Gasteiger partial charge in [-0.15, -0.1) is 0 Å². The summed E-state index contributed by atoms with van der Waals surface area (Å²) in [6.45, 7) is 13.9. The topological polar surface area (TPSA) is 67.5 Å². The Kier molecular flexibility index (Phi) is 6.68. The van der Waals surface area contributed by atoms with Crippen LogP contribution in [-0.4, -0.2) is 65.0 Å². The third-order valence-electron chi connectivity index (χ3n) is 6.24. The van der Waals surface area contributed by atoms with E-state index in [0.29, 0.717) is 18.1 Å². The Bertz CT molecular complexity index is 805. The van der Waals surface area contributed by atoms with Gasteiger partial charge in [-0.1, -0.05) is 19.0 Å². The van der Waals surface area contributed by atoms with Crippen LogP contribution in [0.5, 0.6) is 0 Å². The number of hydrogen-bond donors (Lipinski definition) is 0. The highest BCUT2D eigenvalue weighted by Gasteiger charge is 2.25. The first kappa shape index (κ1) is 21.2. The molecule has 2 saturated heterocycles. The first-order valence-electron chi connectivity index (χ1n) is 11.4. The van der Waals surface area contributed by atoms with Crippen LogP contribution in [0.4, 0.5) is 5.82 Å². The van der Waals surface area contributed by atoms with Gasteiger partial charge in [0.2, 0.25) is 0 Å². The molecule has 0 amide bonds. The van der Waals surface area contributed by atoms with Crippen molar-refractivity contribution in [1.29, 1.82) is 0 Å². The molecule has 2 aliphatic rings. The summed E-state index contributed by atoms with van der Waals surface area (Å²) < 4.78 is 11.3. The molecule has 2 aromatic rings. The summed E-state index contributed by atoms with van der Waals surface area (Å²) in [4.78, 5) is 14.1. The minimum atomic E-state index is 0.256. The number of piperidine rings is 1. The molecule has 4 rings (SSSR count). The van der Waals surface area contributed by atoms with Gasteiger partial charge in [0.1, 0.15) is 5.82 Å². The van der Waals surface area contributed by atoms with E-state index >= 15 is 0 Å². The van der Waals surface area contributed by atoms with Crippen LogP contribution >= 0.6 is 0 Å². The highest BCUT2D eigenvalue weighted by Crippen LogP contribution is 2.28. The Balaban J connectivity index is 1.30. The molecule has 2 aliphatic heterocycles. The van der Waals surface area contributed by atoms with Gasteiger partial charge in [0.15, 0.2) is 5.82 Å². The first-order valence-corrected chi connectivity index (χ1v) is 11.4. The van der Waals surface area contributed by atoms with Gasteiger partial charge in [0, 0.05) is 43.9 Å². The summed E-state index contributed by atoms with van der Waals surface area (Å²) in [5, 5.41) is 4.08. The van der Waals surface area contributed by atoms with Crippen molar-refractivity contribution in [3.63, 3.8) is 0 Å². The van der Waals surface area contributed by atoms with Crippen LogP contribution in [0.15, 0.2) is 22.9 Å². The van der Waals surface area contributed by atoms with Crippen LogP contribution in [-0.2, 0) is 4.74 Å². The molecule has 0 N–H and O–H groups in total. The van der Waals surface area contributed by atoms with Gasteiger partial charge in [-0.3, -0.25) is 4.90 Å². The van der Waals surface area contributed by atoms with Crippen LogP contribution in [0.1, 0.15) is 58.7 Å². The van der Waals surface area contributed by atoms with E-state index in [1.54, 1.807) is 0 Å². The molecule has 0 aromatic carbocycles. The molecule has 164 valence electrons. The predicted octanol–water partition coefficient (Wildman–Crippen LogP) is 3.97. The Morgan fingerprint density at radius 1 is 1.13 bits per heavy atom. The van der Waals surface area contributed by atoms with E-state index in [4.69, 9.17) is 9.26 Å². The summed E-state index contributed by atoms with van der Waals surface area (Å²) in [5.74, 6) is 3.37. The molecule has 0 radical (unpaired) electrons. The van der Waals surface area contributed by atoms with Crippen molar-refractivity contribution < 1.29 is 9.26 Å². The van der Waals surface area contributed by atoms with Crippen LogP contribution < -0.4 is 4.90 Å². The Morgan fingerprint density at radius 3 is 2.53 bits per heavy atom. The smallest absolute Gasteiger partial charge is 0.258 e. The number of morpholine rings is 1. The third kappa shape index (κ3) is 5.19. The van der Waals surface area contributed by atoms with Crippen molar-refractivity contribution in [3.8, 4) is 11.5 Å². The van der Waals surface area contributed by atoms with Crippen molar-refractivity contribution in [3.05, 3.63) is 24.2 Å². The Hall–Kier alpha value is -1.99. The normalized spacial score (nSPS) is 24.0. The molecule has 0 bridgehead atoms. The van der Waals surface area contributed by atoms with E-state index in [0.717, 1.165) is 49.3 Å². The zero-order valence-corrected chi connectivity index (χ0v) is 18.8. The maximum atomic E-state index is 5.86. The van der Waals surface area contributed by atoms with Gasteiger partial charge in [-0.05, 0) is 57.7 Å². The summed E-state index contributed by atoms with van der Waals surface area (Å²) in [6, 6.07) is 4.02. The highest BCUT2D eigenvalue weighted by atomic mass is 16.5. The molecule has 7 heteroatoms. The summed E-state index contributed by atoms with van der Waals surface area (Å²) >= 11 is 0. The van der Waals surface area contributed by atoms with E-state index in [2.05, 4.69) is 58.7 Å². The van der Waals surface area contributed by atoms with E-state index in [1.165, 1.54) is 25.8 Å². The third-order valence-corrected chi connectivity index (χ3v) is 6.24. The monoisotopic (exact) mass is 413 g/mol. The lowest BCUT2D eigenvalue weighted by Crippen LogP contribution is -2.46. The number of aromatic nitrogens is 3. The first-order chi connectivity index (χ1) is 14.5. The van der Waals surface area contributed by atoms with E-state index in [9.17, 15) is 0 Å². The fraction of sp³-hybridized carbons (Fsp3) is 0.696. The quantitative estimate of drug-likeness (QED) is 0.710. The molecule has 0 spiro atoms. The van der Waals surface area contributed by atoms with Gasteiger partial charge in [0.25, 0.3) is 5.89 Å². The summed E-state index contributed by atoms with van der Waals surface area (Å²) in [5.41, 5.74) is 0.942. The number of nitrogens with zero attached hydrogens (tertiary/aromatic N) is 5.